The lowest BCUT2D eigenvalue weighted by Crippen LogP contribution is -2.11. The minimum atomic E-state index is -0.204. The lowest BCUT2D eigenvalue weighted by Gasteiger charge is -2.07. The van der Waals surface area contributed by atoms with E-state index in [0.29, 0.717) is 28.4 Å². The van der Waals surface area contributed by atoms with E-state index < -0.39 is 0 Å². The molecular weight excluding hydrogens is 294 g/mol. The number of anilines is 1. The molecule has 118 valence electrons. The molecule has 1 amide bonds. The van der Waals surface area contributed by atoms with E-state index >= 15 is 0 Å². The first-order valence-corrected chi connectivity index (χ1v) is 7.08. The Morgan fingerprint density at radius 3 is 2.70 bits per heavy atom. The largest absolute Gasteiger partial charge is 0.497 e. The summed E-state index contributed by atoms with van der Waals surface area (Å²) in [5.74, 6) is 1.15. The Labute approximate surface area is 133 Å². The molecule has 0 saturated carbocycles. The van der Waals surface area contributed by atoms with Gasteiger partial charge in [-0.1, -0.05) is 6.07 Å². The van der Waals surface area contributed by atoms with Gasteiger partial charge in [-0.15, -0.1) is 0 Å². The molecule has 2 aromatic carbocycles. The molecule has 0 bridgehead atoms. The number of rotatable bonds is 4. The number of benzene rings is 2. The first-order chi connectivity index (χ1) is 11.1. The Morgan fingerprint density at radius 2 is 1.96 bits per heavy atom. The molecule has 3 rings (SSSR count). The molecule has 0 unspecified atom stereocenters. The number of carbonyl (C=O) groups excluding carboxylic acids is 1. The number of hydrogen-bond acceptors (Lipinski definition) is 4. The van der Waals surface area contributed by atoms with Crippen molar-refractivity contribution >= 4 is 22.5 Å². The standard InChI is InChI=1S/C17H17N3O3/c1-20-17(23-3)14-8-7-11(9-15(14)19-20)16(21)18-12-5-4-6-13(10-12)22-2/h4-10H,1-3H3,(H,18,21). The van der Waals surface area contributed by atoms with Crippen molar-refractivity contribution < 1.29 is 14.3 Å². The molecule has 0 saturated heterocycles. The third-order valence-electron chi connectivity index (χ3n) is 3.56. The number of aromatic nitrogens is 2. The van der Waals surface area contributed by atoms with Crippen molar-refractivity contribution in [2.75, 3.05) is 19.5 Å². The molecule has 0 aliphatic heterocycles. The number of nitrogens with one attached hydrogen (secondary N) is 1. The number of ether oxygens (including phenoxy) is 2. The van der Waals surface area contributed by atoms with E-state index in [2.05, 4.69) is 10.4 Å². The summed E-state index contributed by atoms with van der Waals surface area (Å²) in [6.07, 6.45) is 0. The van der Waals surface area contributed by atoms with Gasteiger partial charge in [-0.2, -0.15) is 5.10 Å². The molecule has 6 nitrogen and oxygen atoms in total. The third kappa shape index (κ3) is 2.83. The zero-order chi connectivity index (χ0) is 16.4. The maximum Gasteiger partial charge on any atom is 0.255 e. The summed E-state index contributed by atoms with van der Waals surface area (Å²) in [6, 6.07) is 12.5. The van der Waals surface area contributed by atoms with Crippen molar-refractivity contribution in [1.82, 2.24) is 9.78 Å². The summed E-state index contributed by atoms with van der Waals surface area (Å²) in [4.78, 5) is 12.4. The summed E-state index contributed by atoms with van der Waals surface area (Å²) in [5, 5.41) is 8.07. The zero-order valence-electron chi connectivity index (χ0n) is 13.2. The predicted octanol–water partition coefficient (Wildman–Crippen LogP) is 2.84. The van der Waals surface area contributed by atoms with Crippen LogP contribution in [0.4, 0.5) is 5.69 Å². The highest BCUT2D eigenvalue weighted by Gasteiger charge is 2.13. The number of carbonyl (C=O) groups is 1. The van der Waals surface area contributed by atoms with E-state index in [1.54, 1.807) is 44.1 Å². The zero-order valence-corrected chi connectivity index (χ0v) is 13.2. The molecule has 23 heavy (non-hydrogen) atoms. The van der Waals surface area contributed by atoms with Gasteiger partial charge in [-0.3, -0.25) is 4.79 Å². The summed E-state index contributed by atoms with van der Waals surface area (Å²) >= 11 is 0. The third-order valence-corrected chi connectivity index (χ3v) is 3.56. The second-order valence-electron chi connectivity index (χ2n) is 5.05. The molecule has 1 heterocycles. The van der Waals surface area contributed by atoms with Crippen LogP contribution in [0, 0.1) is 0 Å². The van der Waals surface area contributed by atoms with E-state index in [4.69, 9.17) is 9.47 Å². The number of nitrogens with zero attached hydrogens (tertiary/aromatic N) is 2. The fourth-order valence-electron chi connectivity index (χ4n) is 2.46. The Balaban J connectivity index is 1.88. The summed E-state index contributed by atoms with van der Waals surface area (Å²) in [7, 11) is 4.98. The minimum Gasteiger partial charge on any atom is -0.497 e. The van der Waals surface area contributed by atoms with E-state index in [0.717, 1.165) is 5.39 Å². The number of amides is 1. The van der Waals surface area contributed by atoms with Gasteiger partial charge < -0.3 is 14.8 Å². The van der Waals surface area contributed by atoms with Crippen molar-refractivity contribution in [3.05, 3.63) is 48.0 Å². The SMILES string of the molecule is COc1cccc(NC(=O)c2ccc3c(OC)n(C)nc3c2)c1. The van der Waals surface area contributed by atoms with E-state index in [1.165, 1.54) is 0 Å². The van der Waals surface area contributed by atoms with Gasteiger partial charge in [0.05, 0.1) is 25.1 Å². The molecule has 0 atom stereocenters. The number of fused-ring (bicyclic) bond motifs is 1. The Morgan fingerprint density at radius 1 is 1.13 bits per heavy atom. The molecule has 0 aliphatic carbocycles. The average molecular weight is 311 g/mol. The molecule has 0 fully saturated rings. The maximum absolute atomic E-state index is 12.4. The molecule has 1 N–H and O–H groups in total. The van der Waals surface area contributed by atoms with E-state index in [-0.39, 0.29) is 5.91 Å². The summed E-state index contributed by atoms with van der Waals surface area (Å²) < 4.78 is 12.1. The second kappa shape index (κ2) is 6.00. The molecule has 0 aliphatic rings. The lowest BCUT2D eigenvalue weighted by molar-refractivity contribution is 0.102. The van der Waals surface area contributed by atoms with Crippen LogP contribution in [0.25, 0.3) is 10.9 Å². The molecule has 1 aromatic heterocycles. The number of aryl methyl sites for hydroxylation is 1. The monoisotopic (exact) mass is 311 g/mol. The van der Waals surface area contributed by atoms with Crippen molar-refractivity contribution in [3.63, 3.8) is 0 Å². The van der Waals surface area contributed by atoms with Gasteiger partial charge in [0, 0.05) is 24.4 Å². The van der Waals surface area contributed by atoms with Gasteiger partial charge in [-0.05, 0) is 30.3 Å². The van der Waals surface area contributed by atoms with Crippen molar-refractivity contribution in [3.8, 4) is 11.6 Å². The lowest BCUT2D eigenvalue weighted by atomic mass is 10.1. The van der Waals surface area contributed by atoms with Crippen LogP contribution >= 0.6 is 0 Å². The van der Waals surface area contributed by atoms with Gasteiger partial charge in [0.25, 0.3) is 5.91 Å². The molecular formula is C17H17N3O3. The van der Waals surface area contributed by atoms with E-state index in [1.807, 2.05) is 24.3 Å². The van der Waals surface area contributed by atoms with Crippen LogP contribution in [0.1, 0.15) is 10.4 Å². The van der Waals surface area contributed by atoms with Crippen LogP contribution in [0.5, 0.6) is 11.6 Å². The Hall–Kier alpha value is -3.02. The van der Waals surface area contributed by atoms with E-state index in [9.17, 15) is 4.79 Å². The van der Waals surface area contributed by atoms with Crippen LogP contribution in [0.2, 0.25) is 0 Å². The highest BCUT2D eigenvalue weighted by atomic mass is 16.5. The van der Waals surface area contributed by atoms with Crippen molar-refractivity contribution in [2.24, 2.45) is 7.05 Å². The summed E-state index contributed by atoms with van der Waals surface area (Å²) in [6.45, 7) is 0. The van der Waals surface area contributed by atoms with Crippen LogP contribution in [0.15, 0.2) is 42.5 Å². The smallest absolute Gasteiger partial charge is 0.255 e. The quantitative estimate of drug-likeness (QED) is 0.804. The topological polar surface area (TPSA) is 65.4 Å². The first-order valence-electron chi connectivity index (χ1n) is 7.08. The van der Waals surface area contributed by atoms with Crippen LogP contribution < -0.4 is 14.8 Å². The van der Waals surface area contributed by atoms with Crippen LogP contribution in [0.3, 0.4) is 0 Å². The normalized spacial score (nSPS) is 10.6. The molecule has 6 heteroatoms. The van der Waals surface area contributed by atoms with Crippen LogP contribution in [-0.2, 0) is 7.05 Å². The van der Waals surface area contributed by atoms with Gasteiger partial charge in [0.1, 0.15) is 5.75 Å². The Kier molecular flexibility index (Phi) is 3.89. The first kappa shape index (κ1) is 14.9. The predicted molar refractivity (Wildman–Crippen MR) is 88.2 cm³/mol. The minimum absolute atomic E-state index is 0.204. The van der Waals surface area contributed by atoms with Gasteiger partial charge >= 0.3 is 0 Å². The maximum atomic E-state index is 12.4. The van der Waals surface area contributed by atoms with Gasteiger partial charge in [0.2, 0.25) is 5.88 Å². The second-order valence-corrected chi connectivity index (χ2v) is 5.05. The van der Waals surface area contributed by atoms with Crippen molar-refractivity contribution in [2.45, 2.75) is 0 Å². The summed E-state index contributed by atoms with van der Waals surface area (Å²) in [5.41, 5.74) is 1.91. The van der Waals surface area contributed by atoms with Crippen molar-refractivity contribution in [1.29, 1.82) is 0 Å². The average Bonchev–Trinajstić information content (AvgIpc) is 2.89. The van der Waals surface area contributed by atoms with Gasteiger partial charge in [-0.25, -0.2) is 4.68 Å². The molecule has 0 radical (unpaired) electrons. The fourth-order valence-corrected chi connectivity index (χ4v) is 2.46. The Bertz CT molecular complexity index is 871. The molecule has 0 spiro atoms. The highest BCUT2D eigenvalue weighted by Crippen LogP contribution is 2.26. The fraction of sp³-hybridized carbons (Fsp3) is 0.176. The van der Waals surface area contributed by atoms with Crippen LogP contribution in [-0.4, -0.2) is 29.9 Å². The number of methoxy groups -OCH3 is 2. The number of hydrogen-bond donors (Lipinski definition) is 1. The molecule has 3 aromatic rings. The highest BCUT2D eigenvalue weighted by molar-refractivity contribution is 6.06. The van der Waals surface area contributed by atoms with Gasteiger partial charge in [0.15, 0.2) is 0 Å².